The van der Waals surface area contributed by atoms with Crippen molar-refractivity contribution in [2.24, 2.45) is 0 Å². The summed E-state index contributed by atoms with van der Waals surface area (Å²) in [5.74, 6) is 0.536. The van der Waals surface area contributed by atoms with Gasteiger partial charge in [0.2, 0.25) is 5.89 Å². The standard InChI is InChI=1S/C18H15FN4O2/c1-24-16-7-6-12(8-14(16)10-20)11-21-18-23-22-17(25-18)9-13-4-2-3-5-15(13)19/h2-8H,9,11H2,1H3,(H,21,23). The van der Waals surface area contributed by atoms with Gasteiger partial charge >= 0.3 is 6.01 Å². The first-order chi connectivity index (χ1) is 12.2. The Bertz CT molecular complexity index is 917. The van der Waals surface area contributed by atoms with Crippen LogP contribution in [-0.4, -0.2) is 17.3 Å². The van der Waals surface area contributed by atoms with E-state index in [0.717, 1.165) is 5.56 Å². The first-order valence-electron chi connectivity index (χ1n) is 7.56. The van der Waals surface area contributed by atoms with Gasteiger partial charge in [-0.3, -0.25) is 0 Å². The highest BCUT2D eigenvalue weighted by Gasteiger charge is 2.10. The van der Waals surface area contributed by atoms with Gasteiger partial charge in [-0.05, 0) is 29.3 Å². The van der Waals surface area contributed by atoms with Crippen LogP contribution in [0.5, 0.6) is 5.75 Å². The summed E-state index contributed by atoms with van der Waals surface area (Å²) >= 11 is 0. The monoisotopic (exact) mass is 338 g/mol. The van der Waals surface area contributed by atoms with Crippen LogP contribution in [0, 0.1) is 17.1 Å². The third-order valence-corrected chi connectivity index (χ3v) is 3.59. The minimum Gasteiger partial charge on any atom is -0.495 e. The fourth-order valence-corrected chi connectivity index (χ4v) is 2.33. The van der Waals surface area contributed by atoms with Gasteiger partial charge in [0.1, 0.15) is 17.6 Å². The maximum Gasteiger partial charge on any atom is 0.315 e. The topological polar surface area (TPSA) is 84.0 Å². The first kappa shape index (κ1) is 16.5. The van der Waals surface area contributed by atoms with Gasteiger partial charge in [0.25, 0.3) is 0 Å². The van der Waals surface area contributed by atoms with Crippen molar-refractivity contribution >= 4 is 6.01 Å². The molecule has 0 spiro atoms. The summed E-state index contributed by atoms with van der Waals surface area (Å²) in [6, 6.07) is 14.1. The maximum absolute atomic E-state index is 13.6. The fraction of sp³-hybridized carbons (Fsp3) is 0.167. The number of methoxy groups -OCH3 is 1. The molecule has 0 radical (unpaired) electrons. The van der Waals surface area contributed by atoms with Crippen molar-refractivity contribution in [3.05, 3.63) is 70.9 Å². The van der Waals surface area contributed by atoms with Crippen LogP contribution in [-0.2, 0) is 13.0 Å². The molecule has 0 fully saturated rings. The molecule has 0 aliphatic carbocycles. The molecule has 3 rings (SSSR count). The zero-order chi connectivity index (χ0) is 17.6. The highest BCUT2D eigenvalue weighted by atomic mass is 19.1. The molecule has 3 aromatic rings. The number of hydrogen-bond donors (Lipinski definition) is 1. The second kappa shape index (κ2) is 7.45. The van der Waals surface area contributed by atoms with Crippen molar-refractivity contribution in [3.8, 4) is 11.8 Å². The highest BCUT2D eigenvalue weighted by Crippen LogP contribution is 2.20. The van der Waals surface area contributed by atoms with Crippen LogP contribution >= 0.6 is 0 Å². The van der Waals surface area contributed by atoms with Gasteiger partial charge in [-0.1, -0.05) is 29.4 Å². The average Bonchev–Trinajstić information content (AvgIpc) is 3.09. The maximum atomic E-state index is 13.6. The number of anilines is 1. The molecule has 0 saturated carbocycles. The number of benzene rings is 2. The van der Waals surface area contributed by atoms with Crippen LogP contribution < -0.4 is 10.1 Å². The van der Waals surface area contributed by atoms with Gasteiger partial charge in [-0.2, -0.15) is 5.26 Å². The molecule has 0 saturated heterocycles. The van der Waals surface area contributed by atoms with Crippen molar-refractivity contribution in [2.75, 3.05) is 12.4 Å². The van der Waals surface area contributed by atoms with E-state index in [2.05, 4.69) is 21.6 Å². The van der Waals surface area contributed by atoms with Crippen LogP contribution in [0.25, 0.3) is 0 Å². The predicted octanol–water partition coefficient (Wildman–Crippen LogP) is 3.29. The molecule has 7 heteroatoms. The highest BCUT2D eigenvalue weighted by molar-refractivity contribution is 5.45. The van der Waals surface area contributed by atoms with Gasteiger partial charge in [-0.15, -0.1) is 5.10 Å². The van der Waals surface area contributed by atoms with Gasteiger partial charge in [0.15, 0.2) is 0 Å². The van der Waals surface area contributed by atoms with Gasteiger partial charge in [0, 0.05) is 6.54 Å². The van der Waals surface area contributed by atoms with E-state index in [-0.39, 0.29) is 18.3 Å². The quantitative estimate of drug-likeness (QED) is 0.742. The lowest BCUT2D eigenvalue weighted by atomic mass is 10.1. The molecule has 0 bridgehead atoms. The van der Waals surface area contributed by atoms with E-state index < -0.39 is 0 Å². The molecule has 0 aliphatic heterocycles. The molecule has 126 valence electrons. The fourth-order valence-electron chi connectivity index (χ4n) is 2.33. The SMILES string of the molecule is COc1ccc(CNc2nnc(Cc3ccccc3F)o2)cc1C#N. The van der Waals surface area contributed by atoms with Crippen molar-refractivity contribution < 1.29 is 13.5 Å². The lowest BCUT2D eigenvalue weighted by molar-refractivity contribution is 0.413. The summed E-state index contributed by atoms with van der Waals surface area (Å²) in [7, 11) is 1.52. The molecule has 25 heavy (non-hydrogen) atoms. The largest absolute Gasteiger partial charge is 0.495 e. The zero-order valence-corrected chi connectivity index (χ0v) is 13.5. The van der Waals surface area contributed by atoms with Gasteiger partial charge in [-0.25, -0.2) is 4.39 Å². The second-order valence-corrected chi connectivity index (χ2v) is 5.27. The van der Waals surface area contributed by atoms with Gasteiger partial charge in [0.05, 0.1) is 19.1 Å². The molecule has 0 aliphatic rings. The Balaban J connectivity index is 1.64. The van der Waals surface area contributed by atoms with Gasteiger partial charge < -0.3 is 14.5 Å². The summed E-state index contributed by atoms with van der Waals surface area (Å²) in [4.78, 5) is 0. The smallest absolute Gasteiger partial charge is 0.315 e. The molecule has 0 amide bonds. The first-order valence-corrected chi connectivity index (χ1v) is 7.56. The van der Waals surface area contributed by atoms with E-state index in [1.165, 1.54) is 13.2 Å². The van der Waals surface area contributed by atoms with Crippen LogP contribution in [0.4, 0.5) is 10.4 Å². The number of nitrogens with zero attached hydrogens (tertiary/aromatic N) is 3. The Hall–Kier alpha value is -3.40. The Morgan fingerprint density at radius 3 is 2.84 bits per heavy atom. The van der Waals surface area contributed by atoms with E-state index in [1.54, 1.807) is 30.3 Å². The number of nitriles is 1. The average molecular weight is 338 g/mol. The Labute approximate surface area is 143 Å². The third kappa shape index (κ3) is 3.93. The summed E-state index contributed by atoms with van der Waals surface area (Å²) in [6.07, 6.45) is 0.225. The number of ether oxygens (including phenoxy) is 1. The minimum atomic E-state index is -0.308. The molecule has 0 unspecified atom stereocenters. The van der Waals surface area contributed by atoms with Crippen LogP contribution in [0.1, 0.15) is 22.6 Å². The Morgan fingerprint density at radius 2 is 2.08 bits per heavy atom. The summed E-state index contributed by atoms with van der Waals surface area (Å²) in [5, 5.41) is 19.9. The van der Waals surface area contributed by atoms with Crippen molar-refractivity contribution in [1.29, 1.82) is 5.26 Å². The van der Waals surface area contributed by atoms with E-state index in [0.29, 0.717) is 29.3 Å². The lowest BCUT2D eigenvalue weighted by Gasteiger charge is -2.06. The Kier molecular flexibility index (Phi) is 4.90. The minimum absolute atomic E-state index is 0.225. The predicted molar refractivity (Wildman–Crippen MR) is 88.5 cm³/mol. The number of aromatic nitrogens is 2. The van der Waals surface area contributed by atoms with E-state index >= 15 is 0 Å². The summed E-state index contributed by atoms with van der Waals surface area (Å²) in [6.45, 7) is 0.403. The normalized spacial score (nSPS) is 10.3. The number of nitrogens with one attached hydrogen (secondary N) is 1. The van der Waals surface area contributed by atoms with Crippen LogP contribution in [0.2, 0.25) is 0 Å². The number of halogens is 1. The third-order valence-electron chi connectivity index (χ3n) is 3.59. The zero-order valence-electron chi connectivity index (χ0n) is 13.5. The molecular formula is C18H15FN4O2. The van der Waals surface area contributed by atoms with Crippen molar-refractivity contribution in [2.45, 2.75) is 13.0 Å². The summed E-state index contributed by atoms with van der Waals surface area (Å²) < 4.78 is 24.2. The van der Waals surface area contributed by atoms with E-state index in [9.17, 15) is 4.39 Å². The molecule has 6 nitrogen and oxygen atoms in total. The van der Waals surface area contributed by atoms with Crippen LogP contribution in [0.3, 0.4) is 0 Å². The summed E-state index contributed by atoms with van der Waals surface area (Å²) in [5.41, 5.74) is 1.81. The van der Waals surface area contributed by atoms with Crippen LogP contribution in [0.15, 0.2) is 46.9 Å². The number of hydrogen-bond acceptors (Lipinski definition) is 6. The van der Waals surface area contributed by atoms with Crippen molar-refractivity contribution in [1.82, 2.24) is 10.2 Å². The van der Waals surface area contributed by atoms with E-state index in [1.807, 2.05) is 6.07 Å². The second-order valence-electron chi connectivity index (χ2n) is 5.27. The van der Waals surface area contributed by atoms with Crippen molar-refractivity contribution in [3.63, 3.8) is 0 Å². The Morgan fingerprint density at radius 1 is 1.24 bits per heavy atom. The molecule has 0 atom stereocenters. The number of rotatable bonds is 6. The lowest BCUT2D eigenvalue weighted by Crippen LogP contribution is -2.00. The van der Waals surface area contributed by atoms with E-state index in [4.69, 9.17) is 14.4 Å². The molecule has 1 heterocycles. The molecule has 2 aromatic carbocycles. The molecule has 1 aromatic heterocycles. The molecule has 1 N–H and O–H groups in total. The molecular weight excluding hydrogens is 323 g/mol.